The summed E-state index contributed by atoms with van der Waals surface area (Å²) in [5, 5.41) is 0. The predicted molar refractivity (Wildman–Crippen MR) is 169 cm³/mol. The summed E-state index contributed by atoms with van der Waals surface area (Å²) < 4.78 is 10.1. The van der Waals surface area contributed by atoms with Gasteiger partial charge >= 0.3 is 5.97 Å². The Balaban J connectivity index is 1.36. The highest BCUT2D eigenvalue weighted by Gasteiger charge is 2.21. The van der Waals surface area contributed by atoms with Crippen LogP contribution in [0.4, 0.5) is 0 Å². The van der Waals surface area contributed by atoms with Gasteiger partial charge in [0.2, 0.25) is 0 Å². The van der Waals surface area contributed by atoms with E-state index < -0.39 is 5.60 Å². The normalized spacial score (nSPS) is 11.8. The second-order valence-corrected chi connectivity index (χ2v) is 11.9. The van der Waals surface area contributed by atoms with Crippen LogP contribution in [0.3, 0.4) is 0 Å². The van der Waals surface area contributed by atoms with Crippen molar-refractivity contribution in [3.63, 3.8) is 0 Å². The van der Waals surface area contributed by atoms with E-state index in [-0.39, 0.29) is 5.97 Å². The molecule has 6 aromatic rings. The molecule has 42 heavy (non-hydrogen) atoms. The number of hydrogen-bond donors (Lipinski definition) is 0. The number of aromatic nitrogens is 4. The molecule has 0 saturated heterocycles. The smallest absolute Gasteiger partial charge is 0.339 e. The number of nitrogens with zero attached hydrogens (tertiary/aromatic N) is 4. The number of rotatable bonds is 7. The molecule has 0 aliphatic heterocycles. The van der Waals surface area contributed by atoms with Crippen molar-refractivity contribution in [2.45, 2.75) is 59.6 Å². The Hall–Kier alpha value is -4.71. The first-order valence-corrected chi connectivity index (χ1v) is 14.6. The Morgan fingerprint density at radius 3 is 2.40 bits per heavy atom. The van der Waals surface area contributed by atoms with Gasteiger partial charge in [-0.05, 0) is 86.7 Å². The largest absolute Gasteiger partial charge is 0.456 e. The molecule has 0 spiro atoms. The number of aryl methyl sites for hydroxylation is 2. The number of imidazole rings is 2. The van der Waals surface area contributed by atoms with E-state index >= 15 is 0 Å². The van der Waals surface area contributed by atoms with Gasteiger partial charge in [-0.3, -0.25) is 0 Å². The molecule has 212 valence electrons. The minimum absolute atomic E-state index is 0.312. The number of pyridine rings is 1. The van der Waals surface area contributed by atoms with Gasteiger partial charge in [0.15, 0.2) is 0 Å². The van der Waals surface area contributed by atoms with Crippen LogP contribution >= 0.6 is 0 Å². The van der Waals surface area contributed by atoms with E-state index in [0.717, 1.165) is 63.3 Å². The van der Waals surface area contributed by atoms with Gasteiger partial charge in [0.1, 0.15) is 17.1 Å². The van der Waals surface area contributed by atoms with Crippen LogP contribution in [0.25, 0.3) is 39.1 Å². The summed E-state index contributed by atoms with van der Waals surface area (Å²) in [5.41, 5.74) is 9.29. The molecule has 6 heteroatoms. The predicted octanol–water partition coefficient (Wildman–Crippen LogP) is 8.28. The zero-order chi connectivity index (χ0) is 29.4. The zero-order valence-corrected chi connectivity index (χ0v) is 24.9. The molecule has 6 rings (SSSR count). The molecule has 0 radical (unpaired) electrons. The number of esters is 1. The molecular weight excluding hydrogens is 520 g/mol. The van der Waals surface area contributed by atoms with Crippen molar-refractivity contribution in [1.29, 1.82) is 0 Å². The molecule has 0 bridgehead atoms. The maximum absolute atomic E-state index is 12.9. The molecule has 0 saturated carbocycles. The van der Waals surface area contributed by atoms with Crippen LogP contribution in [0.15, 0.2) is 91.3 Å². The van der Waals surface area contributed by atoms with Crippen molar-refractivity contribution in [3.8, 4) is 22.4 Å². The van der Waals surface area contributed by atoms with Gasteiger partial charge in [-0.25, -0.2) is 14.8 Å². The lowest BCUT2D eigenvalue weighted by atomic mass is 9.98. The number of carbonyl (C=O) groups is 1. The van der Waals surface area contributed by atoms with Gasteiger partial charge in [-0.1, -0.05) is 55.5 Å². The first kappa shape index (κ1) is 27.5. The fourth-order valence-electron chi connectivity index (χ4n) is 5.47. The van der Waals surface area contributed by atoms with Crippen molar-refractivity contribution >= 4 is 22.6 Å². The molecule has 3 aromatic heterocycles. The van der Waals surface area contributed by atoms with E-state index in [2.05, 4.69) is 65.4 Å². The maximum Gasteiger partial charge on any atom is 0.339 e. The minimum Gasteiger partial charge on any atom is -0.456 e. The summed E-state index contributed by atoms with van der Waals surface area (Å²) in [6.45, 7) is 10.7. The summed E-state index contributed by atoms with van der Waals surface area (Å²) in [4.78, 5) is 22.9. The third kappa shape index (κ3) is 5.45. The Labute approximate surface area is 246 Å². The molecule has 6 nitrogen and oxygen atoms in total. The number of benzene rings is 3. The van der Waals surface area contributed by atoms with Gasteiger partial charge in [-0.15, -0.1) is 0 Å². The summed E-state index contributed by atoms with van der Waals surface area (Å²) in [7, 11) is 0. The Morgan fingerprint density at radius 1 is 0.905 bits per heavy atom. The van der Waals surface area contributed by atoms with Crippen molar-refractivity contribution in [3.05, 3.63) is 114 Å². The summed E-state index contributed by atoms with van der Waals surface area (Å²) in [6, 6.07) is 26.5. The quantitative estimate of drug-likeness (QED) is 0.186. The SMILES string of the molecule is CCCc1nc2c(C)cc(-c3cn4ccccc4n3)cc2n1Cc1ccc(-c2ccccc2C(=O)OC(C)(C)C)cc1. The first-order chi connectivity index (χ1) is 20.2. The van der Waals surface area contributed by atoms with Gasteiger partial charge in [-0.2, -0.15) is 0 Å². The summed E-state index contributed by atoms with van der Waals surface area (Å²) in [5.74, 6) is 0.773. The van der Waals surface area contributed by atoms with Crippen LogP contribution in [0, 0.1) is 6.92 Å². The number of fused-ring (bicyclic) bond motifs is 2. The van der Waals surface area contributed by atoms with Crippen LogP contribution in [-0.2, 0) is 17.7 Å². The van der Waals surface area contributed by atoms with Gasteiger partial charge in [0.05, 0.1) is 22.3 Å². The second kappa shape index (κ2) is 10.9. The molecule has 0 unspecified atom stereocenters. The minimum atomic E-state index is -0.554. The first-order valence-electron chi connectivity index (χ1n) is 14.6. The highest BCUT2D eigenvalue weighted by molar-refractivity contribution is 5.97. The molecule has 3 heterocycles. The lowest BCUT2D eigenvalue weighted by Gasteiger charge is -2.20. The fraction of sp³-hybridized carbons (Fsp3) is 0.250. The molecule has 0 aliphatic rings. The summed E-state index contributed by atoms with van der Waals surface area (Å²) >= 11 is 0. The number of ether oxygens (including phenoxy) is 1. The highest BCUT2D eigenvalue weighted by atomic mass is 16.6. The van der Waals surface area contributed by atoms with Crippen LogP contribution < -0.4 is 0 Å². The van der Waals surface area contributed by atoms with E-state index in [9.17, 15) is 4.79 Å². The molecule has 0 atom stereocenters. The van der Waals surface area contributed by atoms with E-state index in [1.807, 2.05) is 69.4 Å². The van der Waals surface area contributed by atoms with Crippen LogP contribution in [0.2, 0.25) is 0 Å². The zero-order valence-electron chi connectivity index (χ0n) is 24.9. The van der Waals surface area contributed by atoms with Crippen LogP contribution in [-0.4, -0.2) is 30.5 Å². The van der Waals surface area contributed by atoms with Crippen molar-refractivity contribution in [1.82, 2.24) is 18.9 Å². The molecule has 0 aliphatic carbocycles. The third-order valence-corrected chi connectivity index (χ3v) is 7.41. The monoisotopic (exact) mass is 556 g/mol. The van der Waals surface area contributed by atoms with E-state index in [4.69, 9.17) is 14.7 Å². The standard InChI is InChI=1S/C36H36N4O2/c1-6-11-33-38-34-24(2)20-27(30-23-39-19-10-9-14-32(39)37-30)21-31(34)40(33)22-25-15-17-26(18-16-25)28-12-7-8-13-29(28)35(41)42-36(3,4)5/h7-10,12-21,23H,6,11,22H2,1-5H3. The van der Waals surface area contributed by atoms with Crippen molar-refractivity contribution in [2.24, 2.45) is 0 Å². The topological polar surface area (TPSA) is 61.4 Å². The summed E-state index contributed by atoms with van der Waals surface area (Å²) in [6.07, 6.45) is 6.02. The van der Waals surface area contributed by atoms with E-state index in [1.54, 1.807) is 0 Å². The van der Waals surface area contributed by atoms with Crippen molar-refractivity contribution < 1.29 is 9.53 Å². The van der Waals surface area contributed by atoms with Gasteiger partial charge in [0.25, 0.3) is 0 Å². The number of carbonyl (C=O) groups excluding carboxylic acids is 1. The van der Waals surface area contributed by atoms with E-state index in [0.29, 0.717) is 12.1 Å². The van der Waals surface area contributed by atoms with Crippen molar-refractivity contribution in [2.75, 3.05) is 0 Å². The number of hydrogen-bond acceptors (Lipinski definition) is 4. The Morgan fingerprint density at radius 2 is 1.67 bits per heavy atom. The lowest BCUT2D eigenvalue weighted by Crippen LogP contribution is -2.24. The second-order valence-electron chi connectivity index (χ2n) is 11.9. The highest BCUT2D eigenvalue weighted by Crippen LogP contribution is 2.30. The maximum atomic E-state index is 12.9. The van der Waals surface area contributed by atoms with Crippen LogP contribution in [0.1, 0.15) is 61.4 Å². The molecule has 0 N–H and O–H groups in total. The third-order valence-electron chi connectivity index (χ3n) is 7.41. The average Bonchev–Trinajstić information content (AvgIpc) is 3.55. The van der Waals surface area contributed by atoms with E-state index in [1.165, 1.54) is 5.56 Å². The van der Waals surface area contributed by atoms with Gasteiger partial charge < -0.3 is 13.7 Å². The molecular formula is C36H36N4O2. The molecule has 3 aromatic carbocycles. The lowest BCUT2D eigenvalue weighted by molar-refractivity contribution is 0.00704. The van der Waals surface area contributed by atoms with Crippen LogP contribution in [0.5, 0.6) is 0 Å². The fourth-order valence-corrected chi connectivity index (χ4v) is 5.47. The molecule has 0 fully saturated rings. The van der Waals surface area contributed by atoms with Gasteiger partial charge in [0, 0.05) is 30.9 Å². The Bertz CT molecular complexity index is 1870. The molecule has 0 amide bonds. The average molecular weight is 557 g/mol. The Kier molecular flexibility index (Phi) is 7.15.